The molecule has 0 aliphatic carbocycles. The van der Waals surface area contributed by atoms with Crippen molar-refractivity contribution in [3.63, 3.8) is 0 Å². The van der Waals surface area contributed by atoms with E-state index in [0.717, 1.165) is 0 Å². The lowest BCUT2D eigenvalue weighted by molar-refractivity contribution is -0.139. The van der Waals surface area contributed by atoms with Gasteiger partial charge in [-0.15, -0.1) is 0 Å². The van der Waals surface area contributed by atoms with Crippen LogP contribution in [0, 0.1) is 0 Å². The Balaban J connectivity index is 1.99. The highest BCUT2D eigenvalue weighted by atomic mass is 16.4. The van der Waals surface area contributed by atoms with Gasteiger partial charge in [-0.2, -0.15) is 0 Å². The Bertz CT molecular complexity index is 681. The fraction of sp³-hybridized carbons (Fsp3) is 0.368. The van der Waals surface area contributed by atoms with E-state index in [2.05, 4.69) is 9.97 Å². The Labute approximate surface area is 162 Å². The molecule has 2 rings (SSSR count). The molecule has 0 saturated heterocycles. The summed E-state index contributed by atoms with van der Waals surface area (Å²) < 4.78 is 0. The molecule has 9 nitrogen and oxygen atoms in total. The van der Waals surface area contributed by atoms with Crippen molar-refractivity contribution in [1.29, 1.82) is 0 Å². The van der Waals surface area contributed by atoms with Crippen LogP contribution in [0.5, 0.6) is 0 Å². The minimum Gasteiger partial charge on any atom is -0.480 e. The number of rotatable bonds is 12. The van der Waals surface area contributed by atoms with Crippen LogP contribution in [0.15, 0.2) is 48.8 Å². The molecular weight excluding hydrogens is 364 g/mol. The smallest absolute Gasteiger partial charge is 0.317 e. The Morgan fingerprint density at radius 3 is 1.57 bits per heavy atom. The van der Waals surface area contributed by atoms with Crippen LogP contribution in [-0.2, 0) is 22.7 Å². The molecule has 0 bridgehead atoms. The molecule has 150 valence electrons. The van der Waals surface area contributed by atoms with Gasteiger partial charge in [0.05, 0.1) is 30.6 Å². The SMILES string of the molecule is O=C(O)CN(Cc1ccccn1)CC(O)CN(CC(=O)O)Cc1ccccn1. The third kappa shape index (κ3) is 8.21. The molecule has 0 amide bonds. The maximum atomic E-state index is 11.2. The molecule has 2 heterocycles. The lowest BCUT2D eigenvalue weighted by Gasteiger charge is -2.27. The summed E-state index contributed by atoms with van der Waals surface area (Å²) in [7, 11) is 0. The molecular formula is C19H24N4O5. The van der Waals surface area contributed by atoms with E-state index in [1.54, 1.807) is 58.6 Å². The van der Waals surface area contributed by atoms with Gasteiger partial charge < -0.3 is 15.3 Å². The van der Waals surface area contributed by atoms with Crippen LogP contribution >= 0.6 is 0 Å². The Kier molecular flexibility index (Phi) is 8.47. The van der Waals surface area contributed by atoms with Crippen LogP contribution < -0.4 is 0 Å². The second-order valence-electron chi connectivity index (χ2n) is 6.42. The fourth-order valence-corrected chi connectivity index (χ4v) is 2.85. The van der Waals surface area contributed by atoms with Crippen molar-refractivity contribution < 1.29 is 24.9 Å². The first kappa shape index (κ1) is 21.4. The third-order valence-electron chi connectivity index (χ3n) is 3.88. The van der Waals surface area contributed by atoms with Crippen molar-refractivity contribution >= 4 is 11.9 Å². The first-order valence-corrected chi connectivity index (χ1v) is 8.78. The molecule has 3 N–H and O–H groups in total. The highest BCUT2D eigenvalue weighted by Gasteiger charge is 2.20. The number of aliphatic hydroxyl groups is 1. The van der Waals surface area contributed by atoms with Gasteiger partial charge in [-0.3, -0.25) is 29.4 Å². The molecule has 2 aromatic heterocycles. The first-order valence-electron chi connectivity index (χ1n) is 8.78. The lowest BCUT2D eigenvalue weighted by Crippen LogP contribution is -2.43. The van der Waals surface area contributed by atoms with Crippen molar-refractivity contribution in [3.05, 3.63) is 60.2 Å². The zero-order valence-electron chi connectivity index (χ0n) is 15.4. The maximum Gasteiger partial charge on any atom is 0.317 e. The Hall–Kier alpha value is -2.88. The summed E-state index contributed by atoms with van der Waals surface area (Å²) in [5.41, 5.74) is 1.37. The summed E-state index contributed by atoms with van der Waals surface area (Å²) >= 11 is 0. The topological polar surface area (TPSA) is 127 Å². The average Bonchev–Trinajstić information content (AvgIpc) is 2.62. The first-order chi connectivity index (χ1) is 13.4. The number of hydrogen-bond acceptors (Lipinski definition) is 7. The summed E-state index contributed by atoms with van der Waals surface area (Å²) in [6.45, 7) is 0.161. The standard InChI is InChI=1S/C19H24N4O5/c24-17(11-22(13-18(25)26)9-15-5-1-3-7-20-15)12-23(14-19(27)28)10-16-6-2-4-8-21-16/h1-8,17,24H,9-14H2,(H,25,26)(H,27,28). The van der Waals surface area contributed by atoms with E-state index in [0.29, 0.717) is 11.4 Å². The third-order valence-corrected chi connectivity index (χ3v) is 3.88. The average molecular weight is 388 g/mol. The summed E-state index contributed by atoms with van der Waals surface area (Å²) in [6, 6.07) is 10.7. The lowest BCUT2D eigenvalue weighted by atomic mass is 10.2. The van der Waals surface area contributed by atoms with E-state index in [1.807, 2.05) is 0 Å². The number of aromatic nitrogens is 2. The summed E-state index contributed by atoms with van der Waals surface area (Å²) in [5, 5.41) is 28.7. The van der Waals surface area contributed by atoms with E-state index in [9.17, 15) is 14.7 Å². The molecule has 2 aromatic rings. The van der Waals surface area contributed by atoms with Gasteiger partial charge in [-0.25, -0.2) is 0 Å². The van der Waals surface area contributed by atoms with E-state index in [1.165, 1.54) is 0 Å². The second-order valence-corrected chi connectivity index (χ2v) is 6.42. The number of aliphatic hydroxyl groups excluding tert-OH is 1. The summed E-state index contributed by atoms with van der Waals surface area (Å²) in [5.74, 6) is -2.03. The number of hydrogen-bond donors (Lipinski definition) is 3. The van der Waals surface area contributed by atoms with Crippen LogP contribution in [0.4, 0.5) is 0 Å². The van der Waals surface area contributed by atoms with E-state index in [-0.39, 0.29) is 39.3 Å². The van der Waals surface area contributed by atoms with Crippen LogP contribution in [0.3, 0.4) is 0 Å². The van der Waals surface area contributed by atoms with Crippen LogP contribution in [-0.4, -0.2) is 79.3 Å². The number of aliphatic carboxylic acids is 2. The van der Waals surface area contributed by atoms with E-state index >= 15 is 0 Å². The van der Waals surface area contributed by atoms with E-state index in [4.69, 9.17) is 10.2 Å². The molecule has 0 aromatic carbocycles. The van der Waals surface area contributed by atoms with Gasteiger partial charge in [0, 0.05) is 38.6 Å². The predicted molar refractivity (Wildman–Crippen MR) is 100 cm³/mol. The van der Waals surface area contributed by atoms with Crippen LogP contribution in [0.2, 0.25) is 0 Å². The zero-order chi connectivity index (χ0) is 20.4. The van der Waals surface area contributed by atoms with Crippen molar-refractivity contribution in [2.45, 2.75) is 19.2 Å². The monoisotopic (exact) mass is 388 g/mol. The number of carboxylic acid groups (broad SMARTS) is 2. The molecule has 0 unspecified atom stereocenters. The molecule has 0 radical (unpaired) electrons. The van der Waals surface area contributed by atoms with Gasteiger partial charge >= 0.3 is 11.9 Å². The van der Waals surface area contributed by atoms with Crippen LogP contribution in [0.25, 0.3) is 0 Å². The molecule has 0 atom stereocenters. The highest BCUT2D eigenvalue weighted by Crippen LogP contribution is 2.06. The highest BCUT2D eigenvalue weighted by molar-refractivity contribution is 5.69. The number of nitrogens with zero attached hydrogens (tertiary/aromatic N) is 4. The van der Waals surface area contributed by atoms with Crippen molar-refractivity contribution in [2.75, 3.05) is 26.2 Å². The number of pyridine rings is 2. The fourth-order valence-electron chi connectivity index (χ4n) is 2.85. The second kappa shape index (κ2) is 11.1. The van der Waals surface area contributed by atoms with Crippen molar-refractivity contribution in [1.82, 2.24) is 19.8 Å². The maximum absolute atomic E-state index is 11.2. The van der Waals surface area contributed by atoms with Gasteiger partial charge in [0.25, 0.3) is 0 Å². The minimum atomic E-state index is -1.01. The molecule has 0 aliphatic heterocycles. The van der Waals surface area contributed by atoms with Crippen LogP contribution in [0.1, 0.15) is 11.4 Å². The molecule has 0 spiro atoms. The van der Waals surface area contributed by atoms with Crippen molar-refractivity contribution in [2.24, 2.45) is 0 Å². The van der Waals surface area contributed by atoms with Gasteiger partial charge in [-0.1, -0.05) is 12.1 Å². The molecule has 0 aliphatic rings. The number of carboxylic acids is 2. The van der Waals surface area contributed by atoms with Gasteiger partial charge in [0.2, 0.25) is 0 Å². The number of carbonyl (C=O) groups is 2. The normalized spacial score (nSPS) is 11.3. The van der Waals surface area contributed by atoms with Gasteiger partial charge in [0.1, 0.15) is 0 Å². The van der Waals surface area contributed by atoms with Gasteiger partial charge in [0.15, 0.2) is 0 Å². The molecule has 0 saturated carbocycles. The zero-order valence-corrected chi connectivity index (χ0v) is 15.4. The van der Waals surface area contributed by atoms with Gasteiger partial charge in [-0.05, 0) is 24.3 Å². The molecule has 9 heteroatoms. The molecule has 28 heavy (non-hydrogen) atoms. The summed E-state index contributed by atoms with van der Waals surface area (Å²) in [4.78, 5) is 33.8. The quantitative estimate of drug-likeness (QED) is 0.471. The predicted octanol–water partition coefficient (Wildman–Crippen LogP) is 0.311. The minimum absolute atomic E-state index is 0.0706. The molecule has 0 fully saturated rings. The largest absolute Gasteiger partial charge is 0.480 e. The van der Waals surface area contributed by atoms with Crippen molar-refractivity contribution in [3.8, 4) is 0 Å². The Morgan fingerprint density at radius 1 is 0.821 bits per heavy atom. The Morgan fingerprint density at radius 2 is 1.25 bits per heavy atom. The van der Waals surface area contributed by atoms with E-state index < -0.39 is 18.0 Å². The summed E-state index contributed by atoms with van der Waals surface area (Å²) in [6.07, 6.45) is 2.30.